The molecule has 1 heterocycles. The number of hydrogen-bond donors (Lipinski definition) is 2. The van der Waals surface area contributed by atoms with Gasteiger partial charge in [0.05, 0.1) is 19.3 Å². The molecule has 0 bridgehead atoms. The molecule has 0 aliphatic carbocycles. The van der Waals surface area contributed by atoms with Gasteiger partial charge in [0.1, 0.15) is 0 Å². The van der Waals surface area contributed by atoms with Crippen molar-refractivity contribution < 1.29 is 4.74 Å². The van der Waals surface area contributed by atoms with Gasteiger partial charge in [0, 0.05) is 24.5 Å². The number of nitrogens with zero attached hydrogens (tertiary/aromatic N) is 1. The first-order valence-electron chi connectivity index (χ1n) is 9.25. The zero-order chi connectivity index (χ0) is 18.4. The number of benzene rings is 2. The van der Waals surface area contributed by atoms with Crippen molar-refractivity contribution in [3.05, 3.63) is 59.7 Å². The average Bonchev–Trinajstić information content (AvgIpc) is 2.69. The number of aryl methyl sites for hydroxylation is 1. The third-order valence-corrected chi connectivity index (χ3v) is 4.96. The zero-order valence-electron chi connectivity index (χ0n) is 15.5. The quantitative estimate of drug-likeness (QED) is 0.775. The molecule has 1 saturated heterocycles. The summed E-state index contributed by atoms with van der Waals surface area (Å²) < 4.78 is 5.42. The smallest absolute Gasteiger partial charge is 0.171 e. The molecule has 1 aliphatic heterocycles. The lowest BCUT2D eigenvalue weighted by molar-refractivity contribution is 0.122. The second-order valence-electron chi connectivity index (χ2n) is 6.56. The molecule has 26 heavy (non-hydrogen) atoms. The fraction of sp³-hybridized carbons (Fsp3) is 0.381. The number of hydrogen-bond acceptors (Lipinski definition) is 3. The number of ether oxygens (including phenoxy) is 1. The highest BCUT2D eigenvalue weighted by Crippen LogP contribution is 2.20. The highest BCUT2D eigenvalue weighted by Gasteiger charge is 2.12. The van der Waals surface area contributed by atoms with Crippen LogP contribution in [-0.2, 0) is 11.2 Å². The molecule has 0 spiro atoms. The highest BCUT2D eigenvalue weighted by molar-refractivity contribution is 7.80. The summed E-state index contributed by atoms with van der Waals surface area (Å²) in [6.45, 7) is 7.80. The predicted molar refractivity (Wildman–Crippen MR) is 113 cm³/mol. The van der Waals surface area contributed by atoms with Crippen LogP contribution in [0.4, 0.5) is 11.4 Å². The largest absolute Gasteiger partial charge is 0.378 e. The van der Waals surface area contributed by atoms with Crippen LogP contribution in [0.1, 0.15) is 31.0 Å². The van der Waals surface area contributed by atoms with E-state index in [1.54, 1.807) is 0 Å². The third kappa shape index (κ3) is 4.96. The van der Waals surface area contributed by atoms with Crippen molar-refractivity contribution in [3.8, 4) is 0 Å². The van der Waals surface area contributed by atoms with Gasteiger partial charge < -0.3 is 20.3 Å². The van der Waals surface area contributed by atoms with Crippen LogP contribution in [0, 0.1) is 0 Å². The topological polar surface area (TPSA) is 36.5 Å². The molecular formula is C21H27N3OS. The fourth-order valence-electron chi connectivity index (χ4n) is 3.07. The standard InChI is InChI=1S/C21H27N3OS/c1-3-17-4-8-19(9-5-17)23-21(26)22-16(2)18-6-10-20(11-7-18)24-12-14-25-15-13-24/h4-11,16H,3,12-15H2,1-2H3,(H2,22,23,26)/t16-/m1/s1. The fourth-order valence-corrected chi connectivity index (χ4v) is 3.36. The molecule has 1 fully saturated rings. The molecule has 3 rings (SSSR count). The third-order valence-electron chi connectivity index (χ3n) is 4.74. The summed E-state index contributed by atoms with van der Waals surface area (Å²) in [5, 5.41) is 7.25. The van der Waals surface area contributed by atoms with Gasteiger partial charge in [-0.3, -0.25) is 0 Å². The van der Waals surface area contributed by atoms with Crippen molar-refractivity contribution in [1.29, 1.82) is 0 Å². The molecule has 0 saturated carbocycles. The number of morpholine rings is 1. The first-order valence-corrected chi connectivity index (χ1v) is 9.65. The number of thiocarbonyl (C=S) groups is 1. The summed E-state index contributed by atoms with van der Waals surface area (Å²) in [6.07, 6.45) is 1.04. The molecular weight excluding hydrogens is 342 g/mol. The van der Waals surface area contributed by atoms with E-state index in [9.17, 15) is 0 Å². The minimum Gasteiger partial charge on any atom is -0.378 e. The van der Waals surface area contributed by atoms with E-state index >= 15 is 0 Å². The van der Waals surface area contributed by atoms with Crippen molar-refractivity contribution in [2.45, 2.75) is 26.3 Å². The van der Waals surface area contributed by atoms with Gasteiger partial charge in [-0.15, -0.1) is 0 Å². The van der Waals surface area contributed by atoms with E-state index in [0.29, 0.717) is 5.11 Å². The first kappa shape index (κ1) is 18.7. The molecule has 138 valence electrons. The van der Waals surface area contributed by atoms with E-state index in [-0.39, 0.29) is 6.04 Å². The summed E-state index contributed by atoms with van der Waals surface area (Å²) >= 11 is 5.46. The summed E-state index contributed by atoms with van der Waals surface area (Å²) in [6, 6.07) is 17.2. The lowest BCUT2D eigenvalue weighted by Gasteiger charge is -2.29. The SMILES string of the molecule is CCc1ccc(NC(=S)N[C@H](C)c2ccc(N3CCOCC3)cc2)cc1. The molecule has 1 atom stereocenters. The van der Waals surface area contributed by atoms with Crippen molar-refractivity contribution in [3.63, 3.8) is 0 Å². The normalized spacial score (nSPS) is 15.4. The Kier molecular flexibility index (Phi) is 6.47. The van der Waals surface area contributed by atoms with Gasteiger partial charge in [0.25, 0.3) is 0 Å². The van der Waals surface area contributed by atoms with Gasteiger partial charge in [-0.05, 0) is 61.0 Å². The molecule has 2 aromatic carbocycles. The molecule has 2 N–H and O–H groups in total. The van der Waals surface area contributed by atoms with E-state index < -0.39 is 0 Å². The minimum absolute atomic E-state index is 0.142. The Hall–Kier alpha value is -2.11. The molecule has 0 aromatic heterocycles. The zero-order valence-corrected chi connectivity index (χ0v) is 16.3. The van der Waals surface area contributed by atoms with Crippen molar-refractivity contribution >= 4 is 28.7 Å². The summed E-state index contributed by atoms with van der Waals surface area (Å²) in [7, 11) is 0. The molecule has 0 radical (unpaired) electrons. The monoisotopic (exact) mass is 369 g/mol. The minimum atomic E-state index is 0.142. The van der Waals surface area contributed by atoms with Crippen LogP contribution in [0.3, 0.4) is 0 Å². The van der Waals surface area contributed by atoms with E-state index in [1.165, 1.54) is 16.8 Å². The van der Waals surface area contributed by atoms with Crippen LogP contribution >= 0.6 is 12.2 Å². The van der Waals surface area contributed by atoms with Crippen LogP contribution in [0.25, 0.3) is 0 Å². The van der Waals surface area contributed by atoms with Crippen LogP contribution < -0.4 is 15.5 Å². The molecule has 4 nitrogen and oxygen atoms in total. The summed E-state index contributed by atoms with van der Waals surface area (Å²) in [4.78, 5) is 2.36. The summed E-state index contributed by atoms with van der Waals surface area (Å²) in [5.41, 5.74) is 4.80. The Morgan fingerprint density at radius 2 is 1.73 bits per heavy atom. The Morgan fingerprint density at radius 1 is 1.08 bits per heavy atom. The number of nitrogens with one attached hydrogen (secondary N) is 2. The van der Waals surface area contributed by atoms with Crippen molar-refractivity contribution in [2.75, 3.05) is 36.5 Å². The van der Waals surface area contributed by atoms with E-state index in [0.717, 1.165) is 38.4 Å². The van der Waals surface area contributed by atoms with Crippen molar-refractivity contribution in [1.82, 2.24) is 5.32 Å². The Labute approximate surface area is 161 Å². The van der Waals surface area contributed by atoms with Crippen LogP contribution in [0.15, 0.2) is 48.5 Å². The maximum Gasteiger partial charge on any atom is 0.171 e. The Bertz CT molecular complexity index is 709. The molecule has 0 amide bonds. The number of anilines is 2. The maximum absolute atomic E-state index is 5.46. The predicted octanol–water partition coefficient (Wildman–Crippen LogP) is 4.13. The summed E-state index contributed by atoms with van der Waals surface area (Å²) in [5.74, 6) is 0. The van der Waals surface area contributed by atoms with Crippen LogP contribution in [0.2, 0.25) is 0 Å². The lowest BCUT2D eigenvalue weighted by Crippen LogP contribution is -2.36. The molecule has 1 aliphatic rings. The van der Waals surface area contributed by atoms with Gasteiger partial charge >= 0.3 is 0 Å². The van der Waals surface area contributed by atoms with Gasteiger partial charge in [0.2, 0.25) is 0 Å². The molecule has 2 aromatic rings. The van der Waals surface area contributed by atoms with Crippen LogP contribution in [-0.4, -0.2) is 31.4 Å². The first-order chi connectivity index (χ1) is 12.7. The molecule has 5 heteroatoms. The number of rotatable bonds is 5. The lowest BCUT2D eigenvalue weighted by atomic mass is 10.1. The Morgan fingerprint density at radius 3 is 2.35 bits per heavy atom. The molecule has 0 unspecified atom stereocenters. The van der Waals surface area contributed by atoms with Crippen LogP contribution in [0.5, 0.6) is 0 Å². The Balaban J connectivity index is 1.54. The van der Waals surface area contributed by atoms with Crippen molar-refractivity contribution in [2.24, 2.45) is 0 Å². The van der Waals surface area contributed by atoms with Gasteiger partial charge in [0.15, 0.2) is 5.11 Å². The highest BCUT2D eigenvalue weighted by atomic mass is 32.1. The second-order valence-corrected chi connectivity index (χ2v) is 6.97. The maximum atomic E-state index is 5.46. The van der Waals surface area contributed by atoms with Gasteiger partial charge in [-0.2, -0.15) is 0 Å². The van der Waals surface area contributed by atoms with Gasteiger partial charge in [-0.25, -0.2) is 0 Å². The van der Waals surface area contributed by atoms with Gasteiger partial charge in [-0.1, -0.05) is 31.2 Å². The average molecular weight is 370 g/mol. The second kappa shape index (κ2) is 9.01. The van der Waals surface area contributed by atoms with E-state index in [2.05, 4.69) is 77.9 Å². The van der Waals surface area contributed by atoms with E-state index in [4.69, 9.17) is 17.0 Å². The van der Waals surface area contributed by atoms with E-state index in [1.807, 2.05) is 0 Å².